The van der Waals surface area contributed by atoms with Crippen molar-refractivity contribution in [3.8, 4) is 0 Å². The van der Waals surface area contributed by atoms with Gasteiger partial charge >= 0.3 is 18.0 Å². The van der Waals surface area contributed by atoms with E-state index in [1.165, 1.54) is 11.3 Å². The fourth-order valence-corrected chi connectivity index (χ4v) is 4.39. The molecule has 0 bridgehead atoms. The highest BCUT2D eigenvalue weighted by Gasteiger charge is 2.23. The molecule has 0 aromatic heterocycles. The van der Waals surface area contributed by atoms with Crippen LogP contribution in [0.3, 0.4) is 0 Å². The minimum Gasteiger partial charge on any atom is -0.478 e. The zero-order chi connectivity index (χ0) is 25.4. The number of likely N-dealkylation sites (N-methyl/N-ethyl adjacent to an activating group) is 1. The van der Waals surface area contributed by atoms with Crippen LogP contribution in [-0.2, 0) is 16.0 Å². The van der Waals surface area contributed by atoms with Gasteiger partial charge in [0, 0.05) is 55.0 Å². The van der Waals surface area contributed by atoms with Crippen LogP contribution in [0, 0.1) is 0 Å². The van der Waals surface area contributed by atoms with Crippen molar-refractivity contribution in [3.05, 3.63) is 64.7 Å². The summed E-state index contributed by atoms with van der Waals surface area (Å²) in [4.78, 5) is 38.4. The number of urea groups is 1. The lowest BCUT2D eigenvalue weighted by atomic mass is 10.0. The number of amides is 2. The summed E-state index contributed by atoms with van der Waals surface area (Å²) >= 11 is 3.58. The number of halogens is 1. The van der Waals surface area contributed by atoms with Crippen LogP contribution in [0.5, 0.6) is 0 Å². The van der Waals surface area contributed by atoms with Crippen LogP contribution < -0.4 is 10.2 Å². The average molecular weight is 545 g/mol. The molecule has 1 saturated heterocycles. The standard InChI is InChI=1S/C21H25BrN4O.C4H4O4/c1-24-11-13-25(14-12-24)21(27)23-18-6-2-3-7-20(18)26-10-4-5-16-15-17(22)8-9-19(16)26;5-3(6)1-2-4(7)8/h2-3,6-9,15H,4-5,10-14H2,1H3,(H,23,27);1-2H,(H,5,6)(H,7,8)/b;2-1-. The predicted octanol–water partition coefficient (Wildman–Crippen LogP) is 4.02. The monoisotopic (exact) mass is 544 g/mol. The Morgan fingerprint density at radius 3 is 2.23 bits per heavy atom. The second kappa shape index (κ2) is 12.4. The number of hydrogen-bond donors (Lipinski definition) is 3. The number of rotatable bonds is 4. The number of hydrogen-bond acceptors (Lipinski definition) is 5. The number of para-hydroxylation sites is 2. The molecule has 186 valence electrons. The van der Waals surface area contributed by atoms with Crippen LogP contribution in [0.15, 0.2) is 59.1 Å². The maximum atomic E-state index is 12.8. The molecule has 0 atom stereocenters. The molecule has 0 saturated carbocycles. The Kier molecular flexibility index (Phi) is 9.27. The summed E-state index contributed by atoms with van der Waals surface area (Å²) in [6.45, 7) is 4.33. The molecule has 0 unspecified atom stereocenters. The Labute approximate surface area is 212 Å². The zero-order valence-corrected chi connectivity index (χ0v) is 21.1. The largest absolute Gasteiger partial charge is 0.478 e. The van der Waals surface area contributed by atoms with Gasteiger partial charge in [0.15, 0.2) is 0 Å². The average Bonchev–Trinajstić information content (AvgIpc) is 2.83. The number of anilines is 3. The molecule has 10 heteroatoms. The van der Waals surface area contributed by atoms with Gasteiger partial charge < -0.3 is 30.2 Å². The van der Waals surface area contributed by atoms with E-state index in [4.69, 9.17) is 10.2 Å². The molecule has 2 heterocycles. The number of fused-ring (bicyclic) bond motifs is 1. The SMILES string of the molecule is CN1CCN(C(=O)Nc2ccccc2N2CCCc3cc(Br)ccc32)CC1.O=C(O)/C=C\C(=O)O. The molecule has 3 N–H and O–H groups in total. The topological polar surface area (TPSA) is 113 Å². The van der Waals surface area contributed by atoms with Gasteiger partial charge in [0.1, 0.15) is 0 Å². The zero-order valence-electron chi connectivity index (χ0n) is 19.5. The first-order valence-electron chi connectivity index (χ1n) is 11.3. The minimum atomic E-state index is -1.26. The number of aryl methyl sites for hydroxylation is 1. The van der Waals surface area contributed by atoms with Crippen LogP contribution in [0.4, 0.5) is 21.9 Å². The molecule has 35 heavy (non-hydrogen) atoms. The summed E-state index contributed by atoms with van der Waals surface area (Å²) in [5.74, 6) is -2.51. The highest BCUT2D eigenvalue weighted by Crippen LogP contribution is 2.38. The minimum absolute atomic E-state index is 0.0106. The van der Waals surface area contributed by atoms with Crippen molar-refractivity contribution in [1.29, 1.82) is 0 Å². The molecule has 0 aliphatic carbocycles. The summed E-state index contributed by atoms with van der Waals surface area (Å²) in [5.41, 5.74) is 4.50. The van der Waals surface area contributed by atoms with E-state index >= 15 is 0 Å². The molecular formula is C25H29BrN4O5. The van der Waals surface area contributed by atoms with Gasteiger partial charge in [-0.15, -0.1) is 0 Å². The first-order chi connectivity index (χ1) is 16.7. The summed E-state index contributed by atoms with van der Waals surface area (Å²) in [6.07, 6.45) is 3.30. The van der Waals surface area contributed by atoms with Crippen molar-refractivity contribution in [2.75, 3.05) is 50.0 Å². The highest BCUT2D eigenvalue weighted by atomic mass is 79.9. The summed E-state index contributed by atoms with van der Waals surface area (Å²) < 4.78 is 1.11. The molecule has 1 fully saturated rings. The Morgan fingerprint density at radius 1 is 0.914 bits per heavy atom. The Morgan fingerprint density at radius 2 is 1.57 bits per heavy atom. The number of nitrogens with zero attached hydrogens (tertiary/aromatic N) is 3. The van der Waals surface area contributed by atoms with E-state index < -0.39 is 11.9 Å². The number of aliphatic carboxylic acids is 2. The lowest BCUT2D eigenvalue weighted by Crippen LogP contribution is -2.48. The molecule has 0 spiro atoms. The third-order valence-corrected chi connectivity index (χ3v) is 6.25. The van der Waals surface area contributed by atoms with E-state index in [1.54, 1.807) is 0 Å². The fraction of sp³-hybridized carbons (Fsp3) is 0.320. The van der Waals surface area contributed by atoms with Gasteiger partial charge in [0.05, 0.1) is 11.4 Å². The second-order valence-electron chi connectivity index (χ2n) is 8.28. The van der Waals surface area contributed by atoms with Crippen LogP contribution >= 0.6 is 15.9 Å². The van der Waals surface area contributed by atoms with E-state index in [9.17, 15) is 14.4 Å². The van der Waals surface area contributed by atoms with Gasteiger partial charge in [-0.1, -0.05) is 28.1 Å². The molecular weight excluding hydrogens is 516 g/mol. The highest BCUT2D eigenvalue weighted by molar-refractivity contribution is 9.10. The maximum absolute atomic E-state index is 12.8. The number of carboxylic acids is 2. The van der Waals surface area contributed by atoms with E-state index in [0.29, 0.717) is 12.2 Å². The van der Waals surface area contributed by atoms with Crippen molar-refractivity contribution in [2.24, 2.45) is 0 Å². The van der Waals surface area contributed by atoms with Crippen molar-refractivity contribution >= 4 is 51.0 Å². The molecule has 2 amide bonds. The number of carbonyl (C=O) groups is 3. The Hall–Kier alpha value is -3.37. The van der Waals surface area contributed by atoms with Gasteiger partial charge in [-0.3, -0.25) is 0 Å². The van der Waals surface area contributed by atoms with Crippen molar-refractivity contribution < 1.29 is 24.6 Å². The molecule has 9 nitrogen and oxygen atoms in total. The van der Waals surface area contributed by atoms with Crippen LogP contribution in [0.1, 0.15) is 12.0 Å². The smallest absolute Gasteiger partial charge is 0.328 e. The van der Waals surface area contributed by atoms with E-state index in [1.807, 2.05) is 23.1 Å². The molecule has 2 aliphatic heterocycles. The summed E-state index contributed by atoms with van der Waals surface area (Å²) in [6, 6.07) is 14.5. The first kappa shape index (κ1) is 26.2. The third-order valence-electron chi connectivity index (χ3n) is 5.76. The fourth-order valence-electron chi connectivity index (χ4n) is 3.98. The van der Waals surface area contributed by atoms with Crippen molar-refractivity contribution in [2.45, 2.75) is 12.8 Å². The Bertz CT molecular complexity index is 1080. The van der Waals surface area contributed by atoms with Gasteiger partial charge in [-0.25, -0.2) is 14.4 Å². The molecule has 2 aromatic carbocycles. The summed E-state index contributed by atoms with van der Waals surface area (Å²) in [7, 11) is 2.09. The number of benzene rings is 2. The number of carboxylic acid groups (broad SMARTS) is 2. The maximum Gasteiger partial charge on any atom is 0.328 e. The first-order valence-corrected chi connectivity index (χ1v) is 12.1. The van der Waals surface area contributed by atoms with Crippen LogP contribution in [-0.4, -0.2) is 77.8 Å². The number of nitrogens with one attached hydrogen (secondary N) is 1. The number of piperazine rings is 1. The van der Waals surface area contributed by atoms with Crippen LogP contribution in [0.2, 0.25) is 0 Å². The Balaban J connectivity index is 0.000000371. The summed E-state index contributed by atoms with van der Waals surface area (Å²) in [5, 5.41) is 18.8. The third kappa shape index (κ3) is 7.56. The molecule has 2 aliphatic rings. The van der Waals surface area contributed by atoms with Crippen LogP contribution in [0.25, 0.3) is 0 Å². The lowest BCUT2D eigenvalue weighted by Gasteiger charge is -2.34. The van der Waals surface area contributed by atoms with E-state index in [0.717, 1.165) is 61.4 Å². The molecule has 0 radical (unpaired) electrons. The van der Waals surface area contributed by atoms with Gasteiger partial charge in [-0.2, -0.15) is 0 Å². The molecule has 2 aromatic rings. The number of carbonyl (C=O) groups excluding carboxylic acids is 1. The van der Waals surface area contributed by atoms with Gasteiger partial charge in [0.25, 0.3) is 0 Å². The van der Waals surface area contributed by atoms with Crippen molar-refractivity contribution in [1.82, 2.24) is 9.80 Å². The van der Waals surface area contributed by atoms with E-state index in [-0.39, 0.29) is 6.03 Å². The predicted molar refractivity (Wildman–Crippen MR) is 138 cm³/mol. The lowest BCUT2D eigenvalue weighted by molar-refractivity contribution is -0.134. The normalized spacial score (nSPS) is 15.7. The molecule has 4 rings (SSSR count). The quantitative estimate of drug-likeness (QED) is 0.498. The van der Waals surface area contributed by atoms with Gasteiger partial charge in [-0.05, 0) is 55.8 Å². The second-order valence-corrected chi connectivity index (χ2v) is 9.19. The van der Waals surface area contributed by atoms with Gasteiger partial charge in [0.2, 0.25) is 0 Å². The van der Waals surface area contributed by atoms with Crippen molar-refractivity contribution in [3.63, 3.8) is 0 Å². The van der Waals surface area contributed by atoms with E-state index in [2.05, 4.69) is 62.4 Å².